The normalized spacial score (nSPS) is 36.5. The first-order valence-electron chi connectivity index (χ1n) is 8.98. The maximum absolute atomic E-state index is 12.9. The topological polar surface area (TPSA) is 66.4 Å². The smallest absolute Gasteiger partial charge is 0.322 e. The molecule has 2 N–H and O–H groups in total. The Balaban J connectivity index is 1.65. The standard InChI is InChI=1S/C20H25NO3/c1-13-2-4-16(5-3-13)19-7-14-6-15(8-19)10-20(9-14,12-19)18(24)21-11-17(22)23/h2-5,14-15H,6-12H2,1H3,(H,21,24)(H,22,23)/t14-,15-,19?,20?/m1/s1. The van der Waals surface area contributed by atoms with Crippen LogP contribution in [-0.4, -0.2) is 23.5 Å². The third-order valence-corrected chi connectivity index (χ3v) is 6.61. The van der Waals surface area contributed by atoms with Gasteiger partial charge >= 0.3 is 5.97 Å². The summed E-state index contributed by atoms with van der Waals surface area (Å²) in [6.07, 6.45) is 6.34. The summed E-state index contributed by atoms with van der Waals surface area (Å²) in [5.41, 5.74) is 2.39. The molecular weight excluding hydrogens is 302 g/mol. The molecule has 4 bridgehead atoms. The van der Waals surface area contributed by atoms with Crippen molar-refractivity contribution < 1.29 is 14.7 Å². The Morgan fingerprint density at radius 1 is 1.12 bits per heavy atom. The summed E-state index contributed by atoms with van der Waals surface area (Å²) in [6, 6.07) is 8.83. The molecule has 0 saturated heterocycles. The number of aryl methyl sites for hydroxylation is 1. The largest absolute Gasteiger partial charge is 0.480 e. The van der Waals surface area contributed by atoms with Crippen LogP contribution in [0, 0.1) is 24.2 Å². The van der Waals surface area contributed by atoms with Crippen molar-refractivity contribution >= 4 is 11.9 Å². The molecule has 24 heavy (non-hydrogen) atoms. The van der Waals surface area contributed by atoms with Gasteiger partial charge in [-0.2, -0.15) is 0 Å². The molecule has 1 aromatic rings. The number of carboxylic acids is 1. The molecule has 4 nitrogen and oxygen atoms in total. The molecule has 2 atom stereocenters. The van der Waals surface area contributed by atoms with Gasteiger partial charge in [-0.15, -0.1) is 0 Å². The van der Waals surface area contributed by atoms with Gasteiger partial charge in [-0.25, -0.2) is 0 Å². The van der Waals surface area contributed by atoms with Crippen molar-refractivity contribution in [3.63, 3.8) is 0 Å². The highest BCUT2D eigenvalue weighted by molar-refractivity contribution is 5.86. The number of hydrogen-bond donors (Lipinski definition) is 2. The number of nitrogens with one attached hydrogen (secondary N) is 1. The molecule has 0 heterocycles. The fourth-order valence-corrected chi connectivity index (χ4v) is 6.12. The van der Waals surface area contributed by atoms with E-state index in [0.717, 1.165) is 19.3 Å². The Labute approximate surface area is 142 Å². The van der Waals surface area contributed by atoms with Crippen LogP contribution in [0.15, 0.2) is 24.3 Å². The molecule has 1 aromatic carbocycles. The van der Waals surface area contributed by atoms with Crippen LogP contribution in [0.5, 0.6) is 0 Å². The van der Waals surface area contributed by atoms with Crippen LogP contribution in [0.2, 0.25) is 0 Å². The first-order chi connectivity index (χ1) is 11.4. The summed E-state index contributed by atoms with van der Waals surface area (Å²) in [7, 11) is 0. The van der Waals surface area contributed by atoms with Crippen LogP contribution >= 0.6 is 0 Å². The average Bonchev–Trinajstić information content (AvgIpc) is 2.51. The zero-order valence-electron chi connectivity index (χ0n) is 14.2. The number of carbonyl (C=O) groups excluding carboxylic acids is 1. The molecule has 4 aliphatic carbocycles. The lowest BCUT2D eigenvalue weighted by Gasteiger charge is -2.61. The van der Waals surface area contributed by atoms with Crippen molar-refractivity contribution in [3.05, 3.63) is 35.4 Å². The van der Waals surface area contributed by atoms with E-state index in [1.807, 2.05) is 0 Å². The number of hydrogen-bond acceptors (Lipinski definition) is 2. The molecule has 128 valence electrons. The summed E-state index contributed by atoms with van der Waals surface area (Å²) < 4.78 is 0. The third kappa shape index (κ3) is 2.43. The van der Waals surface area contributed by atoms with Crippen molar-refractivity contribution in [1.29, 1.82) is 0 Å². The minimum atomic E-state index is -0.971. The molecule has 4 aliphatic rings. The van der Waals surface area contributed by atoms with Crippen molar-refractivity contribution in [2.24, 2.45) is 17.3 Å². The molecule has 5 rings (SSSR count). The highest BCUT2D eigenvalue weighted by Crippen LogP contribution is 2.65. The summed E-state index contributed by atoms with van der Waals surface area (Å²) in [5, 5.41) is 11.6. The van der Waals surface area contributed by atoms with E-state index in [2.05, 4.69) is 36.5 Å². The van der Waals surface area contributed by atoms with Gasteiger partial charge in [0.1, 0.15) is 6.54 Å². The Hall–Kier alpha value is -1.84. The van der Waals surface area contributed by atoms with Gasteiger partial charge in [0.05, 0.1) is 5.41 Å². The lowest BCUT2D eigenvalue weighted by Crippen LogP contribution is -2.59. The van der Waals surface area contributed by atoms with E-state index in [9.17, 15) is 9.59 Å². The number of carbonyl (C=O) groups is 2. The first kappa shape index (κ1) is 15.7. The number of benzene rings is 1. The van der Waals surface area contributed by atoms with Crippen LogP contribution in [0.4, 0.5) is 0 Å². The molecule has 0 aromatic heterocycles. The van der Waals surface area contributed by atoms with Crippen LogP contribution in [0.25, 0.3) is 0 Å². The van der Waals surface area contributed by atoms with Gasteiger partial charge in [-0.3, -0.25) is 9.59 Å². The number of rotatable bonds is 4. The van der Waals surface area contributed by atoms with Crippen molar-refractivity contribution in [2.45, 2.75) is 50.9 Å². The molecule has 0 spiro atoms. The van der Waals surface area contributed by atoms with Crippen molar-refractivity contribution in [1.82, 2.24) is 5.32 Å². The molecule has 0 aliphatic heterocycles. The van der Waals surface area contributed by atoms with Crippen molar-refractivity contribution in [3.8, 4) is 0 Å². The minimum Gasteiger partial charge on any atom is -0.480 e. The van der Waals surface area contributed by atoms with Gasteiger partial charge in [0.25, 0.3) is 0 Å². The average molecular weight is 327 g/mol. The molecular formula is C20H25NO3. The minimum absolute atomic E-state index is 0.0320. The second-order valence-corrected chi connectivity index (χ2v) is 8.46. The quantitative estimate of drug-likeness (QED) is 0.893. The van der Waals surface area contributed by atoms with Gasteiger partial charge in [0, 0.05) is 0 Å². The Kier molecular flexibility index (Phi) is 3.48. The predicted octanol–water partition coefficient (Wildman–Crippen LogP) is 3.03. The predicted molar refractivity (Wildman–Crippen MR) is 90.6 cm³/mol. The highest BCUT2D eigenvalue weighted by atomic mass is 16.4. The maximum Gasteiger partial charge on any atom is 0.322 e. The van der Waals surface area contributed by atoms with Gasteiger partial charge in [-0.05, 0) is 68.3 Å². The molecule has 0 unspecified atom stereocenters. The van der Waals surface area contributed by atoms with E-state index in [-0.39, 0.29) is 23.3 Å². The summed E-state index contributed by atoms with van der Waals surface area (Å²) >= 11 is 0. The molecule has 4 fully saturated rings. The van der Waals surface area contributed by atoms with Crippen molar-refractivity contribution in [2.75, 3.05) is 6.54 Å². The Bertz CT molecular complexity index is 665. The van der Waals surface area contributed by atoms with Crippen LogP contribution in [-0.2, 0) is 15.0 Å². The third-order valence-electron chi connectivity index (χ3n) is 6.61. The van der Waals surface area contributed by atoms with E-state index in [0.29, 0.717) is 11.8 Å². The van der Waals surface area contributed by atoms with E-state index in [4.69, 9.17) is 5.11 Å². The lowest BCUT2D eigenvalue weighted by molar-refractivity contribution is -0.151. The number of aliphatic carboxylic acids is 1. The first-order valence-corrected chi connectivity index (χ1v) is 8.98. The SMILES string of the molecule is Cc1ccc(C23C[C@H]4C[C@@H](CC(C(=O)NCC(=O)O)(C4)C2)C3)cc1. The lowest BCUT2D eigenvalue weighted by atomic mass is 9.42. The molecule has 0 radical (unpaired) electrons. The Morgan fingerprint density at radius 3 is 2.33 bits per heavy atom. The molecule has 4 heteroatoms. The fraction of sp³-hybridized carbons (Fsp3) is 0.600. The van der Waals surface area contributed by atoms with E-state index < -0.39 is 5.97 Å². The maximum atomic E-state index is 12.9. The van der Waals surface area contributed by atoms with Crippen LogP contribution < -0.4 is 5.32 Å². The van der Waals surface area contributed by atoms with E-state index in [1.54, 1.807) is 0 Å². The number of amides is 1. The second-order valence-electron chi connectivity index (χ2n) is 8.46. The van der Waals surface area contributed by atoms with Crippen LogP contribution in [0.3, 0.4) is 0 Å². The van der Waals surface area contributed by atoms with E-state index >= 15 is 0 Å². The van der Waals surface area contributed by atoms with Gasteiger partial charge in [0.2, 0.25) is 5.91 Å². The fourth-order valence-electron chi connectivity index (χ4n) is 6.12. The summed E-state index contributed by atoms with van der Waals surface area (Å²) in [4.78, 5) is 23.7. The Morgan fingerprint density at radius 2 is 1.75 bits per heavy atom. The van der Waals surface area contributed by atoms with Gasteiger partial charge in [0.15, 0.2) is 0 Å². The zero-order valence-corrected chi connectivity index (χ0v) is 14.2. The number of carboxylic acid groups (broad SMARTS) is 1. The highest BCUT2D eigenvalue weighted by Gasteiger charge is 2.60. The summed E-state index contributed by atoms with van der Waals surface area (Å²) in [6.45, 7) is 1.83. The van der Waals surface area contributed by atoms with Gasteiger partial charge < -0.3 is 10.4 Å². The summed E-state index contributed by atoms with van der Waals surface area (Å²) in [5.74, 6) is 0.197. The molecule has 4 saturated carbocycles. The molecule has 1 amide bonds. The monoisotopic (exact) mass is 327 g/mol. The second kappa shape index (κ2) is 5.33. The van der Waals surface area contributed by atoms with Gasteiger partial charge in [-0.1, -0.05) is 29.8 Å². The zero-order chi connectivity index (χ0) is 16.9. The van der Waals surface area contributed by atoms with E-state index in [1.165, 1.54) is 30.4 Å². The van der Waals surface area contributed by atoms with Crippen LogP contribution in [0.1, 0.15) is 49.7 Å².